The molecular weight excluding hydrogens is 242 g/mol. The summed E-state index contributed by atoms with van der Waals surface area (Å²) in [4.78, 5) is 6.00. The summed E-state index contributed by atoms with van der Waals surface area (Å²) in [6.07, 6.45) is 0. The van der Waals surface area contributed by atoms with Gasteiger partial charge in [-0.1, -0.05) is 0 Å². The summed E-state index contributed by atoms with van der Waals surface area (Å²) in [5.74, 6) is 0.779. The Hall–Kier alpha value is -0.820. The summed E-state index contributed by atoms with van der Waals surface area (Å²) in [5, 5.41) is 11.7. The van der Waals surface area contributed by atoms with Crippen LogP contribution in [0.2, 0.25) is 0 Å². The first-order valence-corrected chi connectivity index (χ1v) is 7.28. The summed E-state index contributed by atoms with van der Waals surface area (Å²) < 4.78 is 22.9. The predicted octanol–water partition coefficient (Wildman–Crippen LogP) is -0.937. The van der Waals surface area contributed by atoms with Crippen molar-refractivity contribution >= 4 is 15.8 Å². The second kappa shape index (κ2) is 5.22. The number of nitrogens with zero attached hydrogens (tertiary/aromatic N) is 2. The van der Waals surface area contributed by atoms with Gasteiger partial charge in [-0.25, -0.2) is 8.42 Å². The number of nitrogens with one attached hydrogen (secondary N) is 1. The van der Waals surface area contributed by atoms with Gasteiger partial charge in [-0.05, 0) is 13.8 Å². The van der Waals surface area contributed by atoms with Crippen LogP contribution >= 0.6 is 0 Å². The van der Waals surface area contributed by atoms with Crippen molar-refractivity contribution in [3.8, 4) is 0 Å². The van der Waals surface area contributed by atoms with Crippen LogP contribution in [0.1, 0.15) is 13.8 Å². The largest absolute Gasteiger partial charge is 0.395 e. The maximum absolute atomic E-state index is 11.8. The number of rotatable bonds is 2. The van der Waals surface area contributed by atoms with Crippen LogP contribution in [0.25, 0.3) is 0 Å². The minimum atomic E-state index is -3.03. The maximum Gasteiger partial charge on any atom is 0.193 e. The predicted molar refractivity (Wildman–Crippen MR) is 67.9 cm³/mol. The minimum absolute atomic E-state index is 0.0224. The molecule has 6 nitrogen and oxygen atoms in total. The van der Waals surface area contributed by atoms with E-state index >= 15 is 0 Å². The fourth-order valence-electron chi connectivity index (χ4n) is 1.82. The van der Waals surface area contributed by atoms with E-state index in [1.165, 1.54) is 0 Å². The number of guanidine groups is 1. The molecule has 1 saturated heterocycles. The second-order valence-electron chi connectivity index (χ2n) is 4.70. The Kier molecular flexibility index (Phi) is 4.37. The number of sulfone groups is 1. The Morgan fingerprint density at radius 3 is 2.65 bits per heavy atom. The van der Waals surface area contributed by atoms with E-state index in [9.17, 15) is 8.42 Å². The van der Waals surface area contributed by atoms with Crippen LogP contribution in [0, 0.1) is 0 Å². The molecule has 0 atom stereocenters. The molecule has 0 spiro atoms. The zero-order chi connectivity index (χ0) is 13.1. The molecule has 1 heterocycles. The number of hydrogen-bond acceptors (Lipinski definition) is 4. The maximum atomic E-state index is 11.8. The lowest BCUT2D eigenvalue weighted by Gasteiger charge is -2.39. The van der Waals surface area contributed by atoms with E-state index in [0.717, 1.165) is 0 Å². The molecule has 0 aromatic carbocycles. The van der Waals surface area contributed by atoms with E-state index in [1.807, 2.05) is 4.90 Å². The Labute approximate surface area is 103 Å². The molecule has 7 heteroatoms. The molecule has 17 heavy (non-hydrogen) atoms. The fourth-order valence-corrected chi connectivity index (χ4v) is 3.19. The number of aliphatic hydroxyl groups excluding tert-OH is 1. The first-order valence-electron chi connectivity index (χ1n) is 5.63. The van der Waals surface area contributed by atoms with Gasteiger partial charge in [-0.2, -0.15) is 0 Å². The zero-order valence-electron chi connectivity index (χ0n) is 10.6. The Morgan fingerprint density at radius 2 is 2.18 bits per heavy atom. The smallest absolute Gasteiger partial charge is 0.193 e. The summed E-state index contributed by atoms with van der Waals surface area (Å²) in [6.45, 7) is 4.75. The van der Waals surface area contributed by atoms with E-state index in [1.54, 1.807) is 20.9 Å². The second-order valence-corrected chi connectivity index (χ2v) is 7.44. The van der Waals surface area contributed by atoms with Crippen LogP contribution in [-0.2, 0) is 9.84 Å². The van der Waals surface area contributed by atoms with Gasteiger partial charge in [0.1, 0.15) is 0 Å². The third-order valence-electron chi connectivity index (χ3n) is 2.95. The Balaban J connectivity index is 2.76. The summed E-state index contributed by atoms with van der Waals surface area (Å²) in [5.41, 5.74) is 0. The summed E-state index contributed by atoms with van der Waals surface area (Å²) in [6, 6.07) is 0. The lowest BCUT2D eigenvalue weighted by atomic mass is 10.2. The molecule has 100 valence electrons. The van der Waals surface area contributed by atoms with Crippen molar-refractivity contribution in [3.63, 3.8) is 0 Å². The highest BCUT2D eigenvalue weighted by Crippen LogP contribution is 2.23. The van der Waals surface area contributed by atoms with Gasteiger partial charge in [0.15, 0.2) is 15.8 Å². The number of aliphatic imine (C=N–C) groups is 1. The van der Waals surface area contributed by atoms with Crippen molar-refractivity contribution in [2.24, 2.45) is 4.99 Å². The lowest BCUT2D eigenvalue weighted by Crippen LogP contribution is -2.57. The van der Waals surface area contributed by atoms with E-state index in [4.69, 9.17) is 5.11 Å². The van der Waals surface area contributed by atoms with Gasteiger partial charge in [0.05, 0.1) is 17.1 Å². The van der Waals surface area contributed by atoms with Crippen LogP contribution in [-0.4, -0.2) is 68.2 Å². The third-order valence-corrected chi connectivity index (χ3v) is 5.48. The highest BCUT2D eigenvalue weighted by atomic mass is 32.2. The first kappa shape index (κ1) is 14.2. The summed E-state index contributed by atoms with van der Waals surface area (Å²) in [7, 11) is -1.38. The van der Waals surface area contributed by atoms with Crippen LogP contribution in [0.5, 0.6) is 0 Å². The SMILES string of the molecule is CN=C(NCCO)N1CCS(=O)(=O)C(C)(C)C1. The van der Waals surface area contributed by atoms with Crippen molar-refractivity contribution in [2.75, 3.05) is 39.0 Å². The van der Waals surface area contributed by atoms with Crippen LogP contribution < -0.4 is 5.32 Å². The molecule has 1 rings (SSSR count). The van der Waals surface area contributed by atoms with Gasteiger partial charge in [0.25, 0.3) is 0 Å². The molecule has 0 radical (unpaired) electrons. The minimum Gasteiger partial charge on any atom is -0.395 e. The zero-order valence-corrected chi connectivity index (χ0v) is 11.4. The van der Waals surface area contributed by atoms with Crippen LogP contribution in [0.3, 0.4) is 0 Å². The Morgan fingerprint density at radius 1 is 1.53 bits per heavy atom. The molecule has 1 aliphatic heterocycles. The average Bonchev–Trinajstić information content (AvgIpc) is 2.24. The van der Waals surface area contributed by atoms with E-state index in [2.05, 4.69) is 10.3 Å². The third kappa shape index (κ3) is 3.10. The molecule has 1 aliphatic rings. The lowest BCUT2D eigenvalue weighted by molar-refractivity contribution is 0.294. The van der Waals surface area contributed by atoms with Crippen molar-refractivity contribution < 1.29 is 13.5 Å². The van der Waals surface area contributed by atoms with Crippen LogP contribution in [0.4, 0.5) is 0 Å². The monoisotopic (exact) mass is 263 g/mol. The fraction of sp³-hybridized carbons (Fsp3) is 0.900. The molecule has 1 fully saturated rings. The van der Waals surface area contributed by atoms with Gasteiger partial charge in [-0.15, -0.1) is 0 Å². The summed E-state index contributed by atoms with van der Waals surface area (Å²) >= 11 is 0. The van der Waals surface area contributed by atoms with Gasteiger partial charge in [0.2, 0.25) is 0 Å². The number of hydrogen-bond donors (Lipinski definition) is 2. The molecule has 0 bridgehead atoms. The molecule has 0 aromatic rings. The van der Waals surface area contributed by atoms with E-state index < -0.39 is 14.6 Å². The molecule has 0 aliphatic carbocycles. The molecule has 2 N–H and O–H groups in total. The molecule has 0 amide bonds. The van der Waals surface area contributed by atoms with Gasteiger partial charge in [-0.3, -0.25) is 4.99 Å². The molecular formula is C10H21N3O3S. The van der Waals surface area contributed by atoms with Crippen molar-refractivity contribution in [3.05, 3.63) is 0 Å². The highest BCUT2D eigenvalue weighted by molar-refractivity contribution is 7.92. The average molecular weight is 263 g/mol. The van der Waals surface area contributed by atoms with Gasteiger partial charge < -0.3 is 15.3 Å². The van der Waals surface area contributed by atoms with E-state index in [-0.39, 0.29) is 12.4 Å². The number of aliphatic hydroxyl groups is 1. The quantitative estimate of drug-likeness (QED) is 0.496. The van der Waals surface area contributed by atoms with Crippen LogP contribution in [0.15, 0.2) is 4.99 Å². The molecule has 0 aromatic heterocycles. The Bertz CT molecular complexity index is 390. The normalized spacial score (nSPS) is 23.5. The van der Waals surface area contributed by atoms with Gasteiger partial charge >= 0.3 is 0 Å². The first-order chi connectivity index (χ1) is 7.84. The topological polar surface area (TPSA) is 82.0 Å². The van der Waals surface area contributed by atoms with Crippen molar-refractivity contribution in [1.82, 2.24) is 10.2 Å². The van der Waals surface area contributed by atoms with Crippen molar-refractivity contribution in [2.45, 2.75) is 18.6 Å². The molecule has 0 saturated carbocycles. The standard InChI is InChI=1S/C10H21N3O3S/c1-10(2)8-13(5-7-17(10,15)16)9(11-3)12-4-6-14/h14H,4-8H2,1-3H3,(H,11,12). The van der Waals surface area contributed by atoms with Gasteiger partial charge in [0, 0.05) is 26.7 Å². The van der Waals surface area contributed by atoms with E-state index in [0.29, 0.717) is 25.6 Å². The van der Waals surface area contributed by atoms with Crippen molar-refractivity contribution in [1.29, 1.82) is 0 Å². The molecule has 0 unspecified atom stereocenters. The highest BCUT2D eigenvalue weighted by Gasteiger charge is 2.40.